The van der Waals surface area contributed by atoms with Crippen LogP contribution in [-0.4, -0.2) is 48.6 Å². The number of ether oxygens (including phenoxy) is 2. The van der Waals surface area contributed by atoms with Gasteiger partial charge in [0.05, 0.1) is 11.0 Å². The van der Waals surface area contributed by atoms with E-state index < -0.39 is 0 Å². The molecule has 2 fully saturated rings. The molecule has 1 amide bonds. The SMILES string of the molecule is CC1CCCN(c2ccc(C(=O)N3CCCC3c3ccc4c(c3)OCCO4)cc2[N+](=O)[O-])C1. The van der Waals surface area contributed by atoms with Gasteiger partial charge in [0.1, 0.15) is 18.9 Å². The van der Waals surface area contributed by atoms with Gasteiger partial charge in [0.15, 0.2) is 11.5 Å². The van der Waals surface area contributed by atoms with Crippen LogP contribution in [0.2, 0.25) is 0 Å². The highest BCUT2D eigenvalue weighted by Gasteiger charge is 2.33. The second-order valence-corrected chi connectivity index (χ2v) is 9.21. The lowest BCUT2D eigenvalue weighted by Gasteiger charge is -2.32. The number of piperidine rings is 1. The Bertz CT molecular complexity index is 1070. The van der Waals surface area contributed by atoms with Gasteiger partial charge in [-0.1, -0.05) is 13.0 Å². The molecule has 3 heterocycles. The second kappa shape index (κ2) is 8.92. The first-order valence-corrected chi connectivity index (χ1v) is 11.7. The van der Waals surface area contributed by atoms with Gasteiger partial charge in [0.25, 0.3) is 11.6 Å². The number of carbonyl (C=O) groups is 1. The molecule has 0 bridgehead atoms. The minimum Gasteiger partial charge on any atom is -0.486 e. The maximum absolute atomic E-state index is 13.5. The molecule has 8 heteroatoms. The highest BCUT2D eigenvalue weighted by atomic mass is 16.6. The number of nitro benzene ring substituents is 1. The molecule has 2 unspecified atom stereocenters. The zero-order valence-corrected chi connectivity index (χ0v) is 18.9. The zero-order chi connectivity index (χ0) is 22.9. The van der Waals surface area contributed by atoms with Gasteiger partial charge in [-0.3, -0.25) is 14.9 Å². The van der Waals surface area contributed by atoms with E-state index in [0.29, 0.717) is 42.7 Å². The Morgan fingerprint density at radius 3 is 2.61 bits per heavy atom. The predicted molar refractivity (Wildman–Crippen MR) is 124 cm³/mol. The summed E-state index contributed by atoms with van der Waals surface area (Å²) in [6.07, 6.45) is 3.88. The zero-order valence-electron chi connectivity index (χ0n) is 18.9. The largest absolute Gasteiger partial charge is 0.486 e. The van der Waals surface area contributed by atoms with Crippen LogP contribution < -0.4 is 14.4 Å². The Morgan fingerprint density at radius 1 is 1.03 bits per heavy atom. The van der Waals surface area contributed by atoms with Crippen LogP contribution in [0.4, 0.5) is 11.4 Å². The molecule has 8 nitrogen and oxygen atoms in total. The molecular formula is C25H29N3O5. The van der Waals surface area contributed by atoms with E-state index in [1.807, 2.05) is 23.1 Å². The molecule has 3 aliphatic heterocycles. The molecular weight excluding hydrogens is 422 g/mol. The van der Waals surface area contributed by atoms with Crippen LogP contribution in [0.3, 0.4) is 0 Å². The van der Waals surface area contributed by atoms with Crippen molar-refractivity contribution in [3.8, 4) is 11.5 Å². The van der Waals surface area contributed by atoms with Crippen molar-refractivity contribution >= 4 is 17.3 Å². The van der Waals surface area contributed by atoms with E-state index in [9.17, 15) is 14.9 Å². The number of nitro groups is 1. The van der Waals surface area contributed by atoms with Crippen LogP contribution in [0.1, 0.15) is 54.6 Å². The third kappa shape index (κ3) is 4.21. The quantitative estimate of drug-likeness (QED) is 0.500. The number of rotatable bonds is 4. The van der Waals surface area contributed by atoms with E-state index in [1.54, 1.807) is 12.1 Å². The van der Waals surface area contributed by atoms with Crippen molar-refractivity contribution in [1.82, 2.24) is 4.90 Å². The maximum atomic E-state index is 13.5. The number of carbonyl (C=O) groups excluding carboxylic acids is 1. The fourth-order valence-electron chi connectivity index (χ4n) is 5.27. The molecule has 0 saturated carbocycles. The molecule has 3 aliphatic rings. The number of anilines is 1. The van der Waals surface area contributed by atoms with Gasteiger partial charge < -0.3 is 19.3 Å². The number of amides is 1. The highest BCUT2D eigenvalue weighted by molar-refractivity contribution is 5.96. The van der Waals surface area contributed by atoms with Crippen LogP contribution in [-0.2, 0) is 0 Å². The monoisotopic (exact) mass is 451 g/mol. The van der Waals surface area contributed by atoms with Crippen molar-refractivity contribution in [1.29, 1.82) is 0 Å². The molecule has 0 radical (unpaired) electrons. The number of fused-ring (bicyclic) bond motifs is 1. The lowest BCUT2D eigenvalue weighted by molar-refractivity contribution is -0.384. The Kier molecular flexibility index (Phi) is 5.83. The summed E-state index contributed by atoms with van der Waals surface area (Å²) < 4.78 is 11.3. The smallest absolute Gasteiger partial charge is 0.293 e. The Morgan fingerprint density at radius 2 is 1.82 bits per heavy atom. The summed E-state index contributed by atoms with van der Waals surface area (Å²) in [6.45, 7) is 5.43. The summed E-state index contributed by atoms with van der Waals surface area (Å²) in [6, 6.07) is 10.7. The van der Waals surface area contributed by atoms with Crippen molar-refractivity contribution in [2.24, 2.45) is 5.92 Å². The molecule has 2 aromatic carbocycles. The van der Waals surface area contributed by atoms with Gasteiger partial charge >= 0.3 is 0 Å². The fraction of sp³-hybridized carbons (Fsp3) is 0.480. The molecule has 0 aromatic heterocycles. The molecule has 0 spiro atoms. The Labute approximate surface area is 193 Å². The molecule has 174 valence electrons. The van der Waals surface area contributed by atoms with E-state index in [1.165, 1.54) is 6.07 Å². The molecule has 33 heavy (non-hydrogen) atoms. The first kappa shape index (κ1) is 21.6. The van der Waals surface area contributed by atoms with Gasteiger partial charge in [-0.15, -0.1) is 0 Å². The summed E-state index contributed by atoms with van der Waals surface area (Å²) in [5.74, 6) is 1.75. The van der Waals surface area contributed by atoms with Gasteiger partial charge in [-0.25, -0.2) is 0 Å². The molecule has 5 rings (SSSR count). The van der Waals surface area contributed by atoms with E-state index >= 15 is 0 Å². The first-order valence-electron chi connectivity index (χ1n) is 11.7. The van der Waals surface area contributed by atoms with Crippen molar-refractivity contribution in [3.05, 3.63) is 57.6 Å². The van der Waals surface area contributed by atoms with Gasteiger partial charge in [0, 0.05) is 31.3 Å². The van der Waals surface area contributed by atoms with Crippen LogP contribution in [0, 0.1) is 16.0 Å². The molecule has 2 aromatic rings. The highest BCUT2D eigenvalue weighted by Crippen LogP contribution is 2.39. The normalized spacial score (nSPS) is 22.3. The summed E-state index contributed by atoms with van der Waals surface area (Å²) in [7, 11) is 0. The standard InChI is InChI=1S/C25H29N3O5/c1-17-4-2-10-26(16-17)21-8-6-19(14-22(21)28(30)31)25(29)27-11-3-5-20(27)18-7-9-23-24(15-18)33-13-12-32-23/h6-9,14-15,17,20H,2-5,10-13,16H2,1H3. The molecule has 2 saturated heterocycles. The molecule has 0 aliphatic carbocycles. The van der Waals surface area contributed by atoms with Crippen LogP contribution in [0.25, 0.3) is 0 Å². The number of hydrogen-bond acceptors (Lipinski definition) is 6. The van der Waals surface area contributed by atoms with Crippen molar-refractivity contribution in [2.45, 2.75) is 38.6 Å². The Hall–Kier alpha value is -3.29. The van der Waals surface area contributed by atoms with E-state index in [0.717, 1.165) is 50.1 Å². The van der Waals surface area contributed by atoms with Gasteiger partial charge in [-0.2, -0.15) is 0 Å². The number of benzene rings is 2. The third-order valence-corrected chi connectivity index (χ3v) is 6.88. The maximum Gasteiger partial charge on any atom is 0.293 e. The lowest BCUT2D eigenvalue weighted by atomic mass is 9.99. The summed E-state index contributed by atoms with van der Waals surface area (Å²) >= 11 is 0. The summed E-state index contributed by atoms with van der Waals surface area (Å²) in [5.41, 5.74) is 1.97. The van der Waals surface area contributed by atoms with Crippen molar-refractivity contribution in [3.63, 3.8) is 0 Å². The summed E-state index contributed by atoms with van der Waals surface area (Å²) in [5, 5.41) is 11.9. The fourth-order valence-corrected chi connectivity index (χ4v) is 5.27. The average molecular weight is 452 g/mol. The van der Waals surface area contributed by atoms with Crippen LogP contribution in [0.5, 0.6) is 11.5 Å². The first-order chi connectivity index (χ1) is 16.0. The van der Waals surface area contributed by atoms with Crippen LogP contribution >= 0.6 is 0 Å². The van der Waals surface area contributed by atoms with E-state index in [2.05, 4.69) is 11.8 Å². The second-order valence-electron chi connectivity index (χ2n) is 9.21. The number of likely N-dealkylation sites (tertiary alicyclic amines) is 1. The average Bonchev–Trinajstić information content (AvgIpc) is 3.33. The topological polar surface area (TPSA) is 85.2 Å². The molecule has 2 atom stereocenters. The lowest BCUT2D eigenvalue weighted by Crippen LogP contribution is -2.35. The van der Waals surface area contributed by atoms with Gasteiger partial charge in [0.2, 0.25) is 0 Å². The van der Waals surface area contributed by atoms with Gasteiger partial charge in [-0.05, 0) is 61.4 Å². The van der Waals surface area contributed by atoms with E-state index in [4.69, 9.17) is 9.47 Å². The van der Waals surface area contributed by atoms with Crippen molar-refractivity contribution < 1.29 is 19.2 Å². The van der Waals surface area contributed by atoms with Crippen molar-refractivity contribution in [2.75, 3.05) is 37.7 Å². The predicted octanol–water partition coefficient (Wildman–Crippen LogP) is 4.58. The third-order valence-electron chi connectivity index (χ3n) is 6.88. The van der Waals surface area contributed by atoms with E-state index in [-0.39, 0.29) is 22.6 Å². The summed E-state index contributed by atoms with van der Waals surface area (Å²) in [4.78, 5) is 28.9. The Balaban J connectivity index is 1.41. The number of hydrogen-bond donors (Lipinski definition) is 0. The molecule has 0 N–H and O–H groups in total. The minimum absolute atomic E-state index is 0.00465. The number of nitrogens with zero attached hydrogens (tertiary/aromatic N) is 3. The van der Waals surface area contributed by atoms with Crippen LogP contribution in [0.15, 0.2) is 36.4 Å². The minimum atomic E-state index is -0.367.